The number of aliphatic hydroxyl groups excluding tert-OH is 1. The van der Waals surface area contributed by atoms with Crippen LogP contribution in [0.25, 0.3) is 0 Å². The van der Waals surface area contributed by atoms with Gasteiger partial charge in [0, 0.05) is 0 Å². The van der Waals surface area contributed by atoms with Gasteiger partial charge in [0.1, 0.15) is 5.60 Å². The molecule has 0 aliphatic heterocycles. The lowest BCUT2D eigenvalue weighted by atomic mass is 10.0. The molecule has 0 saturated carbocycles. The molecule has 0 aromatic heterocycles. The molecule has 0 fully saturated rings. The fourth-order valence-electron chi connectivity index (χ4n) is 2.62. The fraction of sp³-hybridized carbons (Fsp3) is 0.864. The van der Waals surface area contributed by atoms with Gasteiger partial charge in [-0.1, -0.05) is 83.6 Å². The van der Waals surface area contributed by atoms with Crippen LogP contribution in [0, 0.1) is 0 Å². The van der Waals surface area contributed by atoms with Crippen LogP contribution in [0.2, 0.25) is 0 Å². The van der Waals surface area contributed by atoms with Crippen molar-refractivity contribution < 1.29 is 19.7 Å². The molecule has 0 heterocycles. The molecule has 0 rings (SSSR count). The second-order valence-electron chi connectivity index (χ2n) is 8.15. The summed E-state index contributed by atoms with van der Waals surface area (Å²) in [4.78, 5) is 21.0. The van der Waals surface area contributed by atoms with E-state index in [1.54, 1.807) is 20.8 Å². The van der Waals surface area contributed by atoms with E-state index >= 15 is 0 Å². The quantitative estimate of drug-likeness (QED) is 0.151. The van der Waals surface area contributed by atoms with Crippen molar-refractivity contribution in [3.05, 3.63) is 12.2 Å². The number of carbonyl (C=O) groups is 1. The highest BCUT2D eigenvalue weighted by molar-refractivity contribution is 5.75. The van der Waals surface area contributed by atoms with Crippen LogP contribution in [0.5, 0.6) is 0 Å². The summed E-state index contributed by atoms with van der Waals surface area (Å²) in [7, 11) is 0. The maximum atomic E-state index is 11.5. The second kappa shape index (κ2) is 16.3. The predicted octanol–water partition coefficient (Wildman–Crippen LogP) is 6.27. The average molecular weight is 371 g/mol. The van der Waals surface area contributed by atoms with E-state index in [-0.39, 0.29) is 0 Å². The Morgan fingerprint density at radius 1 is 0.885 bits per heavy atom. The van der Waals surface area contributed by atoms with Gasteiger partial charge in [-0.3, -0.25) is 4.89 Å². The molecule has 0 saturated heterocycles. The van der Waals surface area contributed by atoms with E-state index < -0.39 is 17.7 Å². The Kier molecular flexibility index (Phi) is 15.8. The zero-order valence-electron chi connectivity index (χ0n) is 17.6. The molecule has 0 unspecified atom stereocenters. The van der Waals surface area contributed by atoms with E-state index in [2.05, 4.69) is 11.8 Å². The van der Waals surface area contributed by atoms with Crippen LogP contribution in [0.3, 0.4) is 0 Å². The SMILES string of the molecule is CCCCCCCCCCCCCC/C=C/[C@H](O)C(=O)OOC(C)(C)C. The number of hydrogen-bond donors (Lipinski definition) is 1. The molecular weight excluding hydrogens is 328 g/mol. The molecule has 0 aromatic carbocycles. The summed E-state index contributed by atoms with van der Waals surface area (Å²) in [5.74, 6) is -0.772. The van der Waals surface area contributed by atoms with E-state index in [0.29, 0.717) is 0 Å². The highest BCUT2D eigenvalue weighted by Gasteiger charge is 2.19. The van der Waals surface area contributed by atoms with Gasteiger partial charge >= 0.3 is 5.97 Å². The van der Waals surface area contributed by atoms with E-state index in [0.717, 1.165) is 12.8 Å². The van der Waals surface area contributed by atoms with Gasteiger partial charge in [-0.15, -0.1) is 0 Å². The van der Waals surface area contributed by atoms with Gasteiger partial charge in [0.2, 0.25) is 0 Å². The molecule has 0 amide bonds. The van der Waals surface area contributed by atoms with Crippen molar-refractivity contribution in [1.82, 2.24) is 0 Å². The van der Waals surface area contributed by atoms with Crippen LogP contribution in [-0.2, 0) is 14.6 Å². The Morgan fingerprint density at radius 2 is 1.35 bits per heavy atom. The monoisotopic (exact) mass is 370 g/mol. The summed E-state index contributed by atoms with van der Waals surface area (Å²) >= 11 is 0. The van der Waals surface area contributed by atoms with Crippen molar-refractivity contribution in [2.75, 3.05) is 0 Å². The molecule has 4 heteroatoms. The minimum absolute atomic E-state index is 0.575. The smallest absolute Gasteiger partial charge is 0.374 e. The Hall–Kier alpha value is -0.870. The lowest BCUT2D eigenvalue weighted by molar-refractivity contribution is -0.323. The molecule has 0 radical (unpaired) electrons. The van der Waals surface area contributed by atoms with Gasteiger partial charge in [-0.25, -0.2) is 4.79 Å². The Morgan fingerprint density at radius 3 is 1.81 bits per heavy atom. The van der Waals surface area contributed by atoms with Crippen LogP contribution in [0.1, 0.15) is 111 Å². The first-order valence-electron chi connectivity index (χ1n) is 10.6. The highest BCUT2D eigenvalue weighted by Crippen LogP contribution is 2.13. The van der Waals surface area contributed by atoms with E-state index in [1.165, 1.54) is 76.7 Å². The molecule has 0 spiro atoms. The number of rotatable bonds is 16. The maximum absolute atomic E-state index is 11.5. The predicted molar refractivity (Wildman–Crippen MR) is 108 cm³/mol. The van der Waals surface area contributed by atoms with Crippen molar-refractivity contribution in [2.24, 2.45) is 0 Å². The summed E-state index contributed by atoms with van der Waals surface area (Å²) < 4.78 is 0. The Bertz CT molecular complexity index is 358. The normalized spacial score (nSPS) is 13.3. The van der Waals surface area contributed by atoms with Gasteiger partial charge < -0.3 is 5.11 Å². The minimum Gasteiger partial charge on any atom is -0.377 e. The first kappa shape index (κ1) is 25.1. The van der Waals surface area contributed by atoms with Crippen LogP contribution in [0.15, 0.2) is 12.2 Å². The third-order valence-corrected chi connectivity index (χ3v) is 4.16. The molecule has 0 aliphatic rings. The lowest BCUT2D eigenvalue weighted by Crippen LogP contribution is -2.27. The number of carbonyl (C=O) groups excluding carboxylic acids is 1. The average Bonchev–Trinajstić information content (AvgIpc) is 2.59. The molecule has 0 aromatic rings. The first-order chi connectivity index (χ1) is 12.4. The summed E-state index contributed by atoms with van der Waals surface area (Å²) in [5.41, 5.74) is -0.575. The van der Waals surface area contributed by atoms with Crippen LogP contribution in [0.4, 0.5) is 0 Å². The van der Waals surface area contributed by atoms with Crippen molar-refractivity contribution in [1.29, 1.82) is 0 Å². The first-order valence-corrected chi connectivity index (χ1v) is 10.6. The maximum Gasteiger partial charge on any atom is 0.374 e. The van der Waals surface area contributed by atoms with E-state index in [1.807, 2.05) is 6.08 Å². The minimum atomic E-state index is -1.25. The molecule has 0 aliphatic carbocycles. The second-order valence-corrected chi connectivity index (χ2v) is 8.15. The van der Waals surface area contributed by atoms with Crippen molar-refractivity contribution in [3.63, 3.8) is 0 Å². The fourth-order valence-corrected chi connectivity index (χ4v) is 2.62. The van der Waals surface area contributed by atoms with E-state index in [9.17, 15) is 9.90 Å². The third kappa shape index (κ3) is 17.9. The number of aliphatic hydroxyl groups is 1. The van der Waals surface area contributed by atoms with Crippen LogP contribution < -0.4 is 0 Å². The molecular formula is C22H42O4. The van der Waals surface area contributed by atoms with Crippen molar-refractivity contribution in [2.45, 2.75) is 123 Å². The van der Waals surface area contributed by atoms with Gasteiger partial charge in [-0.2, -0.15) is 4.89 Å². The van der Waals surface area contributed by atoms with Crippen LogP contribution >= 0.6 is 0 Å². The summed E-state index contributed by atoms with van der Waals surface area (Å²) in [5, 5.41) is 9.66. The standard InChI is InChI=1S/C22H42O4/c1-5-6-7-8-9-10-11-12-13-14-15-16-17-18-19-20(23)21(24)25-26-22(2,3)4/h18-20,23H,5-17H2,1-4H3/b19-18+/t20-/m0/s1. The number of allylic oxidation sites excluding steroid dienone is 1. The largest absolute Gasteiger partial charge is 0.377 e. The van der Waals surface area contributed by atoms with Crippen molar-refractivity contribution >= 4 is 5.97 Å². The third-order valence-electron chi connectivity index (χ3n) is 4.16. The molecule has 1 atom stereocenters. The lowest BCUT2D eigenvalue weighted by Gasteiger charge is -2.17. The Labute approximate surface area is 161 Å². The van der Waals surface area contributed by atoms with E-state index in [4.69, 9.17) is 4.89 Å². The van der Waals surface area contributed by atoms with Gasteiger partial charge in [-0.05, 0) is 39.7 Å². The van der Waals surface area contributed by atoms with Gasteiger partial charge in [0.05, 0.1) is 0 Å². The van der Waals surface area contributed by atoms with Crippen molar-refractivity contribution in [3.8, 4) is 0 Å². The van der Waals surface area contributed by atoms with Gasteiger partial charge in [0.15, 0.2) is 6.10 Å². The number of hydrogen-bond acceptors (Lipinski definition) is 4. The summed E-state index contributed by atoms with van der Waals surface area (Å²) in [6, 6.07) is 0. The zero-order valence-corrected chi connectivity index (χ0v) is 17.6. The molecule has 26 heavy (non-hydrogen) atoms. The number of unbranched alkanes of at least 4 members (excludes halogenated alkanes) is 12. The molecule has 0 bridgehead atoms. The summed E-state index contributed by atoms with van der Waals surface area (Å²) in [6.45, 7) is 7.58. The molecule has 1 N–H and O–H groups in total. The van der Waals surface area contributed by atoms with Gasteiger partial charge in [0.25, 0.3) is 0 Å². The highest BCUT2D eigenvalue weighted by atomic mass is 17.2. The Balaban J connectivity index is 3.43. The topological polar surface area (TPSA) is 55.8 Å². The van der Waals surface area contributed by atoms with Crippen LogP contribution in [-0.4, -0.2) is 22.8 Å². The summed E-state index contributed by atoms with van der Waals surface area (Å²) in [6.07, 6.45) is 18.9. The molecule has 154 valence electrons. The zero-order chi connectivity index (χ0) is 19.7. The molecule has 4 nitrogen and oxygen atoms in total.